The lowest BCUT2D eigenvalue weighted by Crippen LogP contribution is -2.50. The maximum Gasteiger partial charge on any atom is 0.573 e. The summed E-state index contributed by atoms with van der Waals surface area (Å²) in [6.07, 6.45) is -0.125. The molecule has 4 heterocycles. The fraction of sp³-hybridized carbons (Fsp3) is 0.292. The molecule has 0 N–H and O–H groups in total. The molecule has 1 aliphatic heterocycles. The van der Waals surface area contributed by atoms with Gasteiger partial charge in [0.2, 0.25) is 0 Å². The monoisotopic (exact) mass is 486 g/mol. The molecular weight excluding hydrogens is 465 g/mol. The van der Waals surface area contributed by atoms with Gasteiger partial charge in [0.1, 0.15) is 22.7 Å². The van der Waals surface area contributed by atoms with Crippen molar-refractivity contribution in [2.45, 2.75) is 45.8 Å². The van der Waals surface area contributed by atoms with E-state index in [2.05, 4.69) is 9.72 Å². The van der Waals surface area contributed by atoms with Crippen LogP contribution in [0.5, 0.6) is 5.75 Å². The number of imidazole rings is 1. The molecule has 1 aliphatic rings. The second-order valence-corrected chi connectivity index (χ2v) is 8.58. The number of aryl methyl sites for hydroxylation is 1. The Hall–Kier alpha value is -4.02. The summed E-state index contributed by atoms with van der Waals surface area (Å²) in [4.78, 5) is 32.4. The number of alkyl halides is 3. The van der Waals surface area contributed by atoms with Crippen LogP contribution in [0, 0.1) is 6.92 Å². The van der Waals surface area contributed by atoms with Crippen LogP contribution in [0.2, 0.25) is 0 Å². The molecule has 0 saturated heterocycles. The van der Waals surface area contributed by atoms with Gasteiger partial charge >= 0.3 is 6.36 Å². The van der Waals surface area contributed by atoms with Crippen LogP contribution in [0.4, 0.5) is 13.2 Å². The van der Waals surface area contributed by atoms with Gasteiger partial charge in [0.15, 0.2) is 0 Å². The van der Waals surface area contributed by atoms with Crippen molar-refractivity contribution in [1.82, 2.24) is 19.0 Å². The van der Waals surface area contributed by atoms with E-state index in [1.807, 2.05) is 13.8 Å². The van der Waals surface area contributed by atoms with Gasteiger partial charge in [0, 0.05) is 29.7 Å². The predicted molar refractivity (Wildman–Crippen MR) is 120 cm³/mol. The van der Waals surface area contributed by atoms with E-state index in [-0.39, 0.29) is 35.5 Å². The fourth-order valence-electron chi connectivity index (χ4n) is 4.62. The number of benzene rings is 1. The Balaban J connectivity index is 1.51. The molecule has 0 radical (unpaired) electrons. The van der Waals surface area contributed by atoms with E-state index in [4.69, 9.17) is 4.42 Å². The Morgan fingerprint density at radius 2 is 1.97 bits per heavy atom. The number of hydrogen-bond donors (Lipinski definition) is 0. The van der Waals surface area contributed by atoms with Gasteiger partial charge in [-0.25, -0.2) is 4.98 Å². The van der Waals surface area contributed by atoms with E-state index in [0.29, 0.717) is 22.2 Å². The average Bonchev–Trinajstić information content (AvgIpc) is 3.39. The van der Waals surface area contributed by atoms with Gasteiger partial charge in [0.05, 0.1) is 24.3 Å². The van der Waals surface area contributed by atoms with Crippen molar-refractivity contribution in [2.75, 3.05) is 0 Å². The Morgan fingerprint density at radius 1 is 1.20 bits per heavy atom. The molecule has 35 heavy (non-hydrogen) atoms. The van der Waals surface area contributed by atoms with Crippen molar-refractivity contribution in [3.8, 4) is 11.4 Å². The van der Waals surface area contributed by atoms with Gasteiger partial charge in [-0.2, -0.15) is 0 Å². The Bertz CT molecular complexity index is 1500. The highest BCUT2D eigenvalue weighted by Gasteiger charge is 2.36. The number of aromatic nitrogens is 3. The fourth-order valence-corrected chi connectivity index (χ4v) is 4.62. The molecule has 5 rings (SSSR count). The van der Waals surface area contributed by atoms with Crippen molar-refractivity contribution in [2.24, 2.45) is 0 Å². The van der Waals surface area contributed by atoms with Crippen LogP contribution in [-0.2, 0) is 6.54 Å². The maximum atomic E-state index is 13.5. The molecule has 1 aromatic carbocycles. The number of amides is 1. The number of pyridine rings is 1. The smallest absolute Gasteiger partial charge is 0.464 e. The highest BCUT2D eigenvalue weighted by Crippen LogP contribution is 2.36. The standard InChI is InChI=1S/C24H21F3N4O4/c1-13-9-29(12-28-13)19-5-6-20-23(33)31(14(2)10-30(20)22(19)32)15(3)18-11-34-21-7-4-16(8-17(18)21)35-24(25,26)27/h4-9,11-12,14-15H,10H2,1-3H3/t14-,15?/m1/s1. The SMILES string of the molecule is Cc1cn(-c2ccc3n(c2=O)C[C@@H](C)N(C(C)c2coc4ccc(OC(F)(F)F)cc24)C3=O)cn1. The summed E-state index contributed by atoms with van der Waals surface area (Å²) >= 11 is 0. The van der Waals surface area contributed by atoms with Crippen LogP contribution < -0.4 is 10.3 Å². The number of carbonyl (C=O) groups is 1. The van der Waals surface area contributed by atoms with Crippen LogP contribution in [0.25, 0.3) is 16.7 Å². The minimum atomic E-state index is -4.83. The lowest BCUT2D eigenvalue weighted by atomic mass is 10.0. The number of carbonyl (C=O) groups excluding carboxylic acids is 1. The highest BCUT2D eigenvalue weighted by atomic mass is 19.4. The van der Waals surface area contributed by atoms with E-state index in [0.717, 1.165) is 5.69 Å². The quantitative estimate of drug-likeness (QED) is 0.421. The molecule has 11 heteroatoms. The molecule has 0 bridgehead atoms. The zero-order chi connectivity index (χ0) is 25.1. The first-order chi connectivity index (χ1) is 16.5. The minimum Gasteiger partial charge on any atom is -0.464 e. The Kier molecular flexibility index (Phi) is 5.22. The molecule has 182 valence electrons. The Labute approximate surface area is 197 Å². The van der Waals surface area contributed by atoms with Crippen molar-refractivity contribution < 1.29 is 27.1 Å². The van der Waals surface area contributed by atoms with Crippen LogP contribution in [0.3, 0.4) is 0 Å². The summed E-state index contributed by atoms with van der Waals surface area (Å²) in [5.41, 5.74) is 1.97. The first-order valence-corrected chi connectivity index (χ1v) is 10.9. The Morgan fingerprint density at radius 3 is 2.66 bits per heavy atom. The van der Waals surface area contributed by atoms with Gasteiger partial charge in [-0.05, 0) is 51.1 Å². The van der Waals surface area contributed by atoms with Gasteiger partial charge < -0.3 is 23.2 Å². The molecule has 0 spiro atoms. The minimum absolute atomic E-state index is 0.231. The third-order valence-corrected chi connectivity index (χ3v) is 6.20. The van der Waals surface area contributed by atoms with E-state index in [1.165, 1.54) is 29.0 Å². The zero-order valence-corrected chi connectivity index (χ0v) is 19.0. The van der Waals surface area contributed by atoms with E-state index in [9.17, 15) is 22.8 Å². The molecule has 3 aromatic heterocycles. The van der Waals surface area contributed by atoms with E-state index in [1.54, 1.807) is 41.0 Å². The zero-order valence-electron chi connectivity index (χ0n) is 19.0. The topological polar surface area (TPSA) is 82.5 Å². The normalized spacial score (nSPS) is 17.0. The predicted octanol–water partition coefficient (Wildman–Crippen LogP) is 4.59. The largest absolute Gasteiger partial charge is 0.573 e. The number of hydrogen-bond acceptors (Lipinski definition) is 5. The number of halogens is 3. The molecule has 1 amide bonds. The first-order valence-electron chi connectivity index (χ1n) is 10.9. The van der Waals surface area contributed by atoms with Gasteiger partial charge in [-0.15, -0.1) is 13.2 Å². The van der Waals surface area contributed by atoms with Crippen LogP contribution >= 0.6 is 0 Å². The van der Waals surface area contributed by atoms with Crippen LogP contribution in [0.15, 0.2) is 58.3 Å². The molecule has 1 unspecified atom stereocenters. The lowest BCUT2D eigenvalue weighted by molar-refractivity contribution is -0.274. The molecule has 0 fully saturated rings. The summed E-state index contributed by atoms with van der Waals surface area (Å²) < 4.78 is 50.7. The average molecular weight is 486 g/mol. The molecule has 2 atom stereocenters. The summed E-state index contributed by atoms with van der Waals surface area (Å²) in [5.74, 6) is -0.740. The summed E-state index contributed by atoms with van der Waals surface area (Å²) in [6.45, 7) is 5.66. The number of rotatable bonds is 4. The number of furan rings is 1. The second kappa shape index (κ2) is 8.03. The first kappa shape index (κ1) is 22.8. The molecule has 8 nitrogen and oxygen atoms in total. The maximum absolute atomic E-state index is 13.5. The van der Waals surface area contributed by atoms with E-state index < -0.39 is 12.4 Å². The number of fused-ring (bicyclic) bond motifs is 2. The van der Waals surface area contributed by atoms with Gasteiger partial charge in [-0.3, -0.25) is 9.59 Å². The third kappa shape index (κ3) is 3.96. The second-order valence-electron chi connectivity index (χ2n) is 8.58. The summed E-state index contributed by atoms with van der Waals surface area (Å²) in [5, 5.41) is 0.410. The van der Waals surface area contributed by atoms with Crippen LogP contribution in [-0.4, -0.2) is 37.3 Å². The third-order valence-electron chi connectivity index (χ3n) is 6.20. The van der Waals surface area contributed by atoms with Crippen molar-refractivity contribution >= 4 is 16.9 Å². The summed E-state index contributed by atoms with van der Waals surface area (Å²) in [7, 11) is 0. The number of nitrogens with zero attached hydrogens (tertiary/aromatic N) is 4. The van der Waals surface area contributed by atoms with Crippen molar-refractivity contribution in [3.05, 3.63) is 76.4 Å². The number of ether oxygens (including phenoxy) is 1. The molecule has 4 aromatic rings. The lowest BCUT2D eigenvalue weighted by Gasteiger charge is -2.39. The van der Waals surface area contributed by atoms with Gasteiger partial charge in [-0.1, -0.05) is 0 Å². The summed E-state index contributed by atoms with van der Waals surface area (Å²) in [6, 6.07) is 6.08. The van der Waals surface area contributed by atoms with Crippen LogP contribution in [0.1, 0.15) is 41.6 Å². The van der Waals surface area contributed by atoms with E-state index >= 15 is 0 Å². The van der Waals surface area contributed by atoms with Crippen molar-refractivity contribution in [1.29, 1.82) is 0 Å². The molecule has 0 aliphatic carbocycles. The molecular formula is C24H21F3N4O4. The van der Waals surface area contributed by atoms with Gasteiger partial charge in [0.25, 0.3) is 11.5 Å². The highest BCUT2D eigenvalue weighted by molar-refractivity contribution is 5.94. The van der Waals surface area contributed by atoms with Crippen molar-refractivity contribution in [3.63, 3.8) is 0 Å². The molecule has 0 saturated carbocycles.